The molecule has 0 N–H and O–H groups in total. The summed E-state index contributed by atoms with van der Waals surface area (Å²) in [6.45, 7) is 6.20. The second-order valence-corrected chi connectivity index (χ2v) is 6.47. The summed E-state index contributed by atoms with van der Waals surface area (Å²) < 4.78 is 44.9. The highest BCUT2D eigenvalue weighted by Gasteiger charge is 2.36. The molecule has 6 nitrogen and oxygen atoms in total. The van der Waals surface area contributed by atoms with Crippen LogP contribution in [-0.4, -0.2) is 51.7 Å². The van der Waals surface area contributed by atoms with Crippen molar-refractivity contribution in [2.24, 2.45) is 0 Å². The van der Waals surface area contributed by atoms with Gasteiger partial charge in [-0.1, -0.05) is 0 Å². The highest BCUT2D eigenvalue weighted by Crippen LogP contribution is 2.29. The maximum atomic E-state index is 12.8. The van der Waals surface area contributed by atoms with Crippen LogP contribution in [0.25, 0.3) is 0 Å². The van der Waals surface area contributed by atoms with Crippen molar-refractivity contribution in [3.8, 4) is 0 Å². The minimum Gasteiger partial charge on any atom is -0.468 e. The highest BCUT2D eigenvalue weighted by atomic mass is 19.4. The first kappa shape index (κ1) is 18.5. The van der Waals surface area contributed by atoms with Gasteiger partial charge in [0.15, 0.2) is 5.69 Å². The number of hydrogen-bond acceptors (Lipinski definition) is 4. The van der Waals surface area contributed by atoms with E-state index in [9.17, 15) is 18.0 Å². The van der Waals surface area contributed by atoms with Gasteiger partial charge in [-0.25, -0.2) is 0 Å². The molecule has 1 unspecified atom stereocenters. The fourth-order valence-corrected chi connectivity index (χ4v) is 3.14. The van der Waals surface area contributed by atoms with Crippen LogP contribution in [-0.2, 0) is 17.5 Å². The molecule has 1 atom stereocenters. The van der Waals surface area contributed by atoms with Crippen LogP contribution in [0.4, 0.5) is 13.2 Å². The zero-order valence-electron chi connectivity index (χ0n) is 14.7. The van der Waals surface area contributed by atoms with Gasteiger partial charge in [0.25, 0.3) is 0 Å². The lowest BCUT2D eigenvalue weighted by atomic mass is 10.2. The van der Waals surface area contributed by atoms with Gasteiger partial charge in [0, 0.05) is 31.9 Å². The summed E-state index contributed by atoms with van der Waals surface area (Å²) in [7, 11) is 0. The van der Waals surface area contributed by atoms with Crippen molar-refractivity contribution in [3.63, 3.8) is 0 Å². The second kappa shape index (κ2) is 7.14. The number of amides is 1. The van der Waals surface area contributed by atoms with Crippen molar-refractivity contribution in [3.05, 3.63) is 41.6 Å². The minimum absolute atomic E-state index is 0.220. The number of furan rings is 1. The lowest BCUT2D eigenvalue weighted by Crippen LogP contribution is -2.50. The molecule has 0 saturated carbocycles. The Balaban J connectivity index is 1.60. The number of nitrogens with zero attached hydrogens (tertiary/aromatic N) is 4. The molecule has 1 saturated heterocycles. The number of piperazine rings is 1. The Kier molecular flexibility index (Phi) is 5.08. The molecule has 2 aromatic rings. The molecule has 9 heteroatoms. The van der Waals surface area contributed by atoms with Crippen LogP contribution in [0.1, 0.15) is 30.1 Å². The fraction of sp³-hybridized carbons (Fsp3) is 0.529. The van der Waals surface area contributed by atoms with Gasteiger partial charge in [0.1, 0.15) is 11.8 Å². The van der Waals surface area contributed by atoms with Crippen molar-refractivity contribution < 1.29 is 22.4 Å². The van der Waals surface area contributed by atoms with Crippen molar-refractivity contribution in [2.45, 2.75) is 32.6 Å². The fourth-order valence-electron chi connectivity index (χ4n) is 3.14. The maximum Gasteiger partial charge on any atom is 0.435 e. The summed E-state index contributed by atoms with van der Waals surface area (Å²) in [5.74, 6) is 0.646. The van der Waals surface area contributed by atoms with E-state index in [1.807, 2.05) is 12.1 Å². The molecule has 142 valence electrons. The van der Waals surface area contributed by atoms with Crippen molar-refractivity contribution in [1.82, 2.24) is 19.6 Å². The average molecular weight is 370 g/mol. The molecular formula is C17H21F3N4O2. The molecule has 1 fully saturated rings. The van der Waals surface area contributed by atoms with Gasteiger partial charge in [-0.2, -0.15) is 18.3 Å². The summed E-state index contributed by atoms with van der Waals surface area (Å²) in [6.07, 6.45) is -2.89. The van der Waals surface area contributed by atoms with Gasteiger partial charge < -0.3 is 9.32 Å². The average Bonchev–Trinajstić information content (AvgIpc) is 3.23. The Labute approximate surface area is 149 Å². The molecule has 1 amide bonds. The Morgan fingerprint density at radius 2 is 2.00 bits per heavy atom. The zero-order chi connectivity index (χ0) is 18.9. The van der Waals surface area contributed by atoms with E-state index in [1.165, 1.54) is 6.92 Å². The molecule has 1 aliphatic rings. The van der Waals surface area contributed by atoms with Crippen molar-refractivity contribution in [1.29, 1.82) is 0 Å². The predicted molar refractivity (Wildman–Crippen MR) is 87.2 cm³/mol. The summed E-state index contributed by atoms with van der Waals surface area (Å²) in [4.78, 5) is 16.5. The van der Waals surface area contributed by atoms with Crippen LogP contribution in [0.2, 0.25) is 0 Å². The Morgan fingerprint density at radius 3 is 2.54 bits per heavy atom. The van der Waals surface area contributed by atoms with E-state index in [1.54, 1.807) is 18.1 Å². The number of carbonyl (C=O) groups excluding carboxylic acids is 1. The summed E-state index contributed by atoms with van der Waals surface area (Å²) in [5.41, 5.74) is -0.660. The van der Waals surface area contributed by atoms with E-state index >= 15 is 0 Å². The van der Waals surface area contributed by atoms with Gasteiger partial charge in [0.05, 0.1) is 12.8 Å². The predicted octanol–water partition coefficient (Wildman–Crippen LogP) is 2.71. The van der Waals surface area contributed by atoms with Crippen LogP contribution in [0.5, 0.6) is 0 Å². The van der Waals surface area contributed by atoms with Crippen LogP contribution < -0.4 is 0 Å². The number of carbonyl (C=O) groups is 1. The first-order chi connectivity index (χ1) is 12.3. The summed E-state index contributed by atoms with van der Waals surface area (Å²) >= 11 is 0. The number of aromatic nitrogens is 2. The highest BCUT2D eigenvalue weighted by molar-refractivity contribution is 5.80. The molecule has 0 radical (unpaired) electrons. The lowest BCUT2D eigenvalue weighted by Gasteiger charge is -2.35. The second-order valence-electron chi connectivity index (χ2n) is 6.47. The molecule has 3 heterocycles. The summed E-state index contributed by atoms with van der Waals surface area (Å²) in [6, 6.07) is 3.92. The normalized spacial score (nSPS) is 17.5. The zero-order valence-corrected chi connectivity index (χ0v) is 14.7. The minimum atomic E-state index is -4.52. The third-order valence-electron chi connectivity index (χ3n) is 4.58. The Morgan fingerprint density at radius 1 is 1.31 bits per heavy atom. The van der Waals surface area contributed by atoms with Gasteiger partial charge in [0.2, 0.25) is 5.91 Å². The van der Waals surface area contributed by atoms with Crippen LogP contribution in [0.15, 0.2) is 28.9 Å². The largest absolute Gasteiger partial charge is 0.468 e. The molecule has 0 spiro atoms. The molecule has 0 bridgehead atoms. The van der Waals surface area contributed by atoms with E-state index in [2.05, 4.69) is 10.00 Å². The number of alkyl halides is 3. The molecular weight excluding hydrogens is 349 g/mol. The molecule has 2 aromatic heterocycles. The van der Waals surface area contributed by atoms with Crippen LogP contribution in [0, 0.1) is 6.92 Å². The first-order valence-corrected chi connectivity index (χ1v) is 8.42. The van der Waals surface area contributed by atoms with E-state index < -0.39 is 17.9 Å². The Hall–Kier alpha value is -2.29. The van der Waals surface area contributed by atoms with E-state index in [0.29, 0.717) is 38.4 Å². The van der Waals surface area contributed by atoms with Crippen molar-refractivity contribution >= 4 is 5.91 Å². The molecule has 26 heavy (non-hydrogen) atoms. The SMILES string of the molecule is Cc1cc(C(F)(F)F)nn1C(C)C(=O)N1CCN(Cc2ccco2)CC1. The van der Waals surface area contributed by atoms with Crippen molar-refractivity contribution in [2.75, 3.05) is 26.2 Å². The van der Waals surface area contributed by atoms with E-state index in [-0.39, 0.29) is 5.91 Å². The van der Waals surface area contributed by atoms with E-state index in [4.69, 9.17) is 4.42 Å². The topological polar surface area (TPSA) is 54.5 Å². The van der Waals surface area contributed by atoms with Gasteiger partial charge in [-0.15, -0.1) is 0 Å². The number of aryl methyl sites for hydroxylation is 1. The number of hydrogen-bond donors (Lipinski definition) is 0. The smallest absolute Gasteiger partial charge is 0.435 e. The first-order valence-electron chi connectivity index (χ1n) is 8.42. The Bertz CT molecular complexity index is 747. The van der Waals surface area contributed by atoms with E-state index in [0.717, 1.165) is 16.5 Å². The molecule has 0 aliphatic carbocycles. The molecule has 3 rings (SSSR count). The van der Waals surface area contributed by atoms with Crippen LogP contribution in [0.3, 0.4) is 0 Å². The van der Waals surface area contributed by atoms with Gasteiger partial charge in [-0.3, -0.25) is 14.4 Å². The quantitative estimate of drug-likeness (QED) is 0.831. The van der Waals surface area contributed by atoms with Gasteiger partial charge in [-0.05, 0) is 32.0 Å². The number of rotatable bonds is 4. The molecule has 1 aliphatic heterocycles. The third-order valence-corrected chi connectivity index (χ3v) is 4.58. The maximum absolute atomic E-state index is 12.8. The van der Waals surface area contributed by atoms with Gasteiger partial charge >= 0.3 is 6.18 Å². The third kappa shape index (κ3) is 3.92. The molecule has 0 aromatic carbocycles. The van der Waals surface area contributed by atoms with Crippen LogP contribution >= 0.6 is 0 Å². The summed E-state index contributed by atoms with van der Waals surface area (Å²) in [5, 5.41) is 3.58. The lowest BCUT2D eigenvalue weighted by molar-refractivity contribution is -0.143. The standard InChI is InChI=1S/C17H21F3N4O2/c1-12-10-15(17(18,19)20)21-24(12)13(2)16(25)23-7-5-22(6-8-23)11-14-4-3-9-26-14/h3-4,9-10,13H,5-8,11H2,1-2H3. The monoisotopic (exact) mass is 370 g/mol. The number of halogens is 3.